The van der Waals surface area contributed by atoms with E-state index in [0.717, 1.165) is 30.6 Å². The Labute approximate surface area is 223 Å². The summed E-state index contributed by atoms with van der Waals surface area (Å²) in [7, 11) is 0. The van der Waals surface area contributed by atoms with Crippen LogP contribution in [0.15, 0.2) is 48.5 Å². The number of halogens is 1. The molecule has 7 nitrogen and oxygen atoms in total. The topological polar surface area (TPSA) is 81.8 Å². The van der Waals surface area contributed by atoms with Crippen LogP contribution in [-0.4, -0.2) is 60.9 Å². The SMILES string of the molecule is CC1(C)C(=O)N(C2CCN(C(=O)C(Cc3cccc(F)c3)NC(=O)C3CCCNC3)CC2)c2ccccc21. The van der Waals surface area contributed by atoms with Crippen molar-refractivity contribution in [1.29, 1.82) is 0 Å². The maximum absolute atomic E-state index is 13.9. The van der Waals surface area contributed by atoms with Gasteiger partial charge in [0.1, 0.15) is 11.9 Å². The Morgan fingerprint density at radius 1 is 1.11 bits per heavy atom. The van der Waals surface area contributed by atoms with Gasteiger partial charge in [0.25, 0.3) is 0 Å². The molecule has 8 heteroatoms. The summed E-state index contributed by atoms with van der Waals surface area (Å²) < 4.78 is 13.9. The molecule has 2 aromatic carbocycles. The van der Waals surface area contributed by atoms with Gasteiger partial charge in [-0.2, -0.15) is 0 Å². The van der Waals surface area contributed by atoms with Crippen molar-refractivity contribution in [2.75, 3.05) is 31.1 Å². The normalized spacial score (nSPS) is 22.2. The number of nitrogens with one attached hydrogen (secondary N) is 2. The molecule has 2 unspecified atom stereocenters. The van der Waals surface area contributed by atoms with E-state index in [1.54, 1.807) is 17.0 Å². The minimum Gasteiger partial charge on any atom is -0.344 e. The van der Waals surface area contributed by atoms with Crippen LogP contribution in [0.5, 0.6) is 0 Å². The van der Waals surface area contributed by atoms with Gasteiger partial charge in [0.2, 0.25) is 17.7 Å². The van der Waals surface area contributed by atoms with E-state index in [1.165, 1.54) is 12.1 Å². The molecule has 3 aliphatic rings. The molecule has 5 rings (SSSR count). The van der Waals surface area contributed by atoms with Crippen LogP contribution < -0.4 is 15.5 Å². The van der Waals surface area contributed by atoms with E-state index in [2.05, 4.69) is 10.6 Å². The number of anilines is 1. The lowest BCUT2D eigenvalue weighted by Crippen LogP contribution is -2.56. The second kappa shape index (κ2) is 10.8. The van der Waals surface area contributed by atoms with Crippen LogP contribution in [-0.2, 0) is 26.2 Å². The van der Waals surface area contributed by atoms with Crippen LogP contribution in [0.1, 0.15) is 50.7 Å². The van der Waals surface area contributed by atoms with E-state index in [0.29, 0.717) is 38.0 Å². The fourth-order valence-corrected chi connectivity index (χ4v) is 6.13. The molecule has 2 N–H and O–H groups in total. The molecular weight excluding hydrogens is 483 g/mol. The molecule has 2 saturated heterocycles. The highest BCUT2D eigenvalue weighted by atomic mass is 19.1. The Bertz CT molecular complexity index is 1200. The zero-order valence-corrected chi connectivity index (χ0v) is 22.2. The molecule has 0 aromatic heterocycles. The number of fused-ring (bicyclic) bond motifs is 1. The highest BCUT2D eigenvalue weighted by Gasteiger charge is 2.47. The molecule has 3 aliphatic heterocycles. The van der Waals surface area contributed by atoms with Crippen LogP contribution in [0.3, 0.4) is 0 Å². The lowest BCUT2D eigenvalue weighted by atomic mass is 9.86. The van der Waals surface area contributed by atoms with Gasteiger partial charge in [-0.05, 0) is 75.4 Å². The monoisotopic (exact) mass is 520 g/mol. The van der Waals surface area contributed by atoms with Gasteiger partial charge in [0, 0.05) is 37.8 Å². The molecule has 3 heterocycles. The number of hydrogen-bond acceptors (Lipinski definition) is 4. The number of carbonyl (C=O) groups excluding carboxylic acids is 3. The third-order valence-electron chi connectivity index (χ3n) is 8.34. The first kappa shape index (κ1) is 26.4. The number of hydrogen-bond donors (Lipinski definition) is 2. The molecule has 0 bridgehead atoms. The van der Waals surface area contributed by atoms with E-state index in [9.17, 15) is 18.8 Å². The summed E-state index contributed by atoms with van der Waals surface area (Å²) in [5.41, 5.74) is 2.10. The Kier molecular flexibility index (Phi) is 7.52. The minimum absolute atomic E-state index is 0.0130. The Morgan fingerprint density at radius 2 is 1.87 bits per heavy atom. The van der Waals surface area contributed by atoms with Crippen LogP contribution in [0.25, 0.3) is 0 Å². The number of carbonyl (C=O) groups is 3. The van der Waals surface area contributed by atoms with Gasteiger partial charge in [0.05, 0.1) is 11.3 Å². The number of likely N-dealkylation sites (tertiary alicyclic amines) is 1. The van der Waals surface area contributed by atoms with E-state index < -0.39 is 11.5 Å². The van der Waals surface area contributed by atoms with Crippen molar-refractivity contribution >= 4 is 23.4 Å². The molecule has 0 aliphatic carbocycles. The van der Waals surface area contributed by atoms with Crippen LogP contribution in [0, 0.1) is 11.7 Å². The first-order chi connectivity index (χ1) is 18.3. The van der Waals surface area contributed by atoms with Crippen LogP contribution >= 0.6 is 0 Å². The van der Waals surface area contributed by atoms with Crippen molar-refractivity contribution in [2.45, 2.75) is 63.5 Å². The molecule has 202 valence electrons. The fourth-order valence-electron chi connectivity index (χ4n) is 6.13. The maximum atomic E-state index is 13.9. The minimum atomic E-state index is -0.768. The zero-order chi connectivity index (χ0) is 26.9. The Hall–Kier alpha value is -3.26. The molecule has 38 heavy (non-hydrogen) atoms. The molecule has 2 aromatic rings. The van der Waals surface area contributed by atoms with Gasteiger partial charge in [0.15, 0.2) is 0 Å². The molecular formula is C30H37FN4O3. The lowest BCUT2D eigenvalue weighted by Gasteiger charge is -2.39. The van der Waals surface area contributed by atoms with E-state index in [1.807, 2.05) is 43.0 Å². The zero-order valence-electron chi connectivity index (χ0n) is 22.2. The number of benzene rings is 2. The van der Waals surface area contributed by atoms with Gasteiger partial charge in [-0.3, -0.25) is 14.4 Å². The van der Waals surface area contributed by atoms with Crippen molar-refractivity contribution in [1.82, 2.24) is 15.5 Å². The predicted octanol–water partition coefficient (Wildman–Crippen LogP) is 3.17. The fraction of sp³-hybridized carbons (Fsp3) is 0.500. The summed E-state index contributed by atoms with van der Waals surface area (Å²) >= 11 is 0. The molecule has 3 amide bonds. The van der Waals surface area contributed by atoms with Gasteiger partial charge >= 0.3 is 0 Å². The molecule has 2 atom stereocenters. The number of piperidine rings is 2. The van der Waals surface area contributed by atoms with E-state index >= 15 is 0 Å². The molecule has 2 fully saturated rings. The molecule has 0 saturated carbocycles. The standard InChI is InChI=1S/C30H37FN4O3/c1-30(2)24-10-3-4-11-26(24)35(29(30)38)23-12-15-34(16-13-23)28(37)25(18-20-7-5-9-22(31)17-20)33-27(36)21-8-6-14-32-19-21/h3-5,7,9-11,17,21,23,25,32H,6,8,12-16,18-19H2,1-2H3,(H,33,36). The second-order valence-corrected chi connectivity index (χ2v) is 11.3. The highest BCUT2D eigenvalue weighted by molar-refractivity contribution is 6.08. The van der Waals surface area contributed by atoms with Gasteiger partial charge in [-0.15, -0.1) is 0 Å². The summed E-state index contributed by atoms with van der Waals surface area (Å²) in [6.07, 6.45) is 3.26. The summed E-state index contributed by atoms with van der Waals surface area (Å²) in [5.74, 6) is -0.736. The van der Waals surface area contributed by atoms with Crippen molar-refractivity contribution in [2.24, 2.45) is 5.92 Å². The van der Waals surface area contributed by atoms with Crippen molar-refractivity contribution < 1.29 is 18.8 Å². The first-order valence-corrected chi connectivity index (χ1v) is 13.7. The number of para-hydroxylation sites is 1. The second-order valence-electron chi connectivity index (χ2n) is 11.3. The summed E-state index contributed by atoms with van der Waals surface area (Å²) in [6, 6.07) is 13.4. The molecule has 0 spiro atoms. The van der Waals surface area contributed by atoms with E-state index in [-0.39, 0.29) is 41.9 Å². The highest BCUT2D eigenvalue weighted by Crippen LogP contribution is 2.43. The third kappa shape index (κ3) is 5.19. The van der Waals surface area contributed by atoms with Gasteiger partial charge in [-0.1, -0.05) is 30.3 Å². The molecule has 0 radical (unpaired) electrons. The summed E-state index contributed by atoms with van der Waals surface area (Å²) in [6.45, 7) is 6.42. The largest absolute Gasteiger partial charge is 0.344 e. The smallest absolute Gasteiger partial charge is 0.245 e. The summed E-state index contributed by atoms with van der Waals surface area (Å²) in [5, 5.41) is 6.24. The Morgan fingerprint density at radius 3 is 2.58 bits per heavy atom. The van der Waals surface area contributed by atoms with Crippen LogP contribution in [0.2, 0.25) is 0 Å². The third-order valence-corrected chi connectivity index (χ3v) is 8.34. The average Bonchev–Trinajstić information content (AvgIpc) is 3.13. The average molecular weight is 521 g/mol. The predicted molar refractivity (Wildman–Crippen MR) is 144 cm³/mol. The van der Waals surface area contributed by atoms with Gasteiger partial charge in [-0.25, -0.2) is 4.39 Å². The first-order valence-electron chi connectivity index (χ1n) is 13.7. The number of amides is 3. The maximum Gasteiger partial charge on any atom is 0.245 e. The van der Waals surface area contributed by atoms with Crippen LogP contribution in [0.4, 0.5) is 10.1 Å². The Balaban J connectivity index is 1.28. The van der Waals surface area contributed by atoms with Gasteiger partial charge < -0.3 is 20.4 Å². The van der Waals surface area contributed by atoms with E-state index in [4.69, 9.17) is 0 Å². The number of rotatable bonds is 6. The van der Waals surface area contributed by atoms with Crippen molar-refractivity contribution in [3.05, 3.63) is 65.5 Å². The van der Waals surface area contributed by atoms with Crippen molar-refractivity contribution in [3.8, 4) is 0 Å². The number of nitrogens with zero attached hydrogens (tertiary/aromatic N) is 2. The van der Waals surface area contributed by atoms with Crippen molar-refractivity contribution in [3.63, 3.8) is 0 Å². The lowest BCUT2D eigenvalue weighted by molar-refractivity contribution is -0.138. The quantitative estimate of drug-likeness (QED) is 0.613. The summed E-state index contributed by atoms with van der Waals surface area (Å²) in [4.78, 5) is 43.9.